The van der Waals surface area contributed by atoms with Gasteiger partial charge < -0.3 is 42.6 Å². The second kappa shape index (κ2) is 22.9. The number of hydrogen-bond donors (Lipinski definition) is 6. The normalized spacial score (nSPS) is 11.1. The molecule has 0 amide bonds. The molecule has 0 saturated carbocycles. The van der Waals surface area contributed by atoms with Crippen LogP contribution in [0.15, 0.2) is 102 Å². The summed E-state index contributed by atoms with van der Waals surface area (Å²) >= 11 is 0. The number of methoxy groups -OCH3 is 2. The summed E-state index contributed by atoms with van der Waals surface area (Å²) < 4.78 is 62.0. The van der Waals surface area contributed by atoms with E-state index in [1.165, 1.54) is 46.0 Å². The van der Waals surface area contributed by atoms with Crippen molar-refractivity contribution in [2.24, 2.45) is 5.73 Å². The van der Waals surface area contributed by atoms with Crippen LogP contribution in [-0.4, -0.2) is 117 Å². The van der Waals surface area contributed by atoms with Crippen LogP contribution < -0.4 is 33.2 Å². The van der Waals surface area contributed by atoms with Crippen LogP contribution in [0.3, 0.4) is 0 Å². The third kappa shape index (κ3) is 13.5. The highest BCUT2D eigenvalue weighted by Crippen LogP contribution is 2.20. The largest absolute Gasteiger partial charge is 0.383 e. The van der Waals surface area contributed by atoms with Gasteiger partial charge in [0.25, 0.3) is 16.7 Å². The molecule has 0 saturated heterocycles. The average molecular weight is 925 g/mol. The third-order valence-corrected chi connectivity index (χ3v) is 10.1. The molecule has 4 aromatic carbocycles. The highest BCUT2D eigenvalue weighted by molar-refractivity contribution is 7.90. The molecule has 346 valence electrons. The van der Waals surface area contributed by atoms with Gasteiger partial charge in [0.05, 0.1) is 13.2 Å². The first-order valence-electron chi connectivity index (χ1n) is 20.4. The van der Waals surface area contributed by atoms with Crippen molar-refractivity contribution < 1.29 is 26.7 Å². The van der Waals surface area contributed by atoms with E-state index in [9.17, 15) is 17.2 Å². The monoisotopic (exact) mass is 924 g/mol. The Morgan fingerprint density at radius 2 is 1.09 bits per heavy atom. The Balaban J connectivity index is 0.000000178. The van der Waals surface area contributed by atoms with E-state index in [4.69, 9.17) is 26.7 Å². The number of halogens is 2. The molecule has 0 bridgehead atoms. The van der Waals surface area contributed by atoms with Gasteiger partial charge in [0, 0.05) is 62.6 Å². The van der Waals surface area contributed by atoms with Gasteiger partial charge in [-0.1, -0.05) is 48.5 Å². The van der Waals surface area contributed by atoms with Gasteiger partial charge in [-0.05, 0) is 79.0 Å². The van der Waals surface area contributed by atoms with Crippen molar-refractivity contribution in [1.29, 1.82) is 0 Å². The van der Waals surface area contributed by atoms with Crippen LogP contribution in [0.4, 0.5) is 38.0 Å². The van der Waals surface area contributed by atoms with Crippen LogP contribution in [0.2, 0.25) is 0 Å². The third-order valence-electron chi connectivity index (χ3n) is 9.25. The molecule has 66 heavy (non-hydrogen) atoms. The Kier molecular flexibility index (Phi) is 16.7. The van der Waals surface area contributed by atoms with E-state index in [0.29, 0.717) is 48.4 Å². The molecular formula is C43H50F2N16O4S. The fourth-order valence-corrected chi connectivity index (χ4v) is 6.50. The average Bonchev–Trinajstić information content (AvgIpc) is 3.94. The van der Waals surface area contributed by atoms with E-state index < -0.39 is 20.8 Å². The number of fused-ring (bicyclic) bond motifs is 2. The molecule has 8 rings (SSSR count). The summed E-state index contributed by atoms with van der Waals surface area (Å²) in [5, 5.41) is 17.6. The lowest BCUT2D eigenvalue weighted by atomic mass is 10.1. The van der Waals surface area contributed by atoms with E-state index in [-0.39, 0.29) is 29.3 Å². The summed E-state index contributed by atoms with van der Waals surface area (Å²) in [6.07, 6.45) is 2.69. The number of benzene rings is 4. The van der Waals surface area contributed by atoms with Crippen molar-refractivity contribution in [3.05, 3.63) is 120 Å². The van der Waals surface area contributed by atoms with Gasteiger partial charge in [-0.25, -0.2) is 17.2 Å². The second-order valence-electron chi connectivity index (χ2n) is 14.3. The lowest BCUT2D eigenvalue weighted by Crippen LogP contribution is -2.12. The van der Waals surface area contributed by atoms with Crippen LogP contribution in [0.25, 0.3) is 34.3 Å². The van der Waals surface area contributed by atoms with Gasteiger partial charge in [0.2, 0.25) is 27.7 Å². The van der Waals surface area contributed by atoms with Crippen LogP contribution in [0.5, 0.6) is 0 Å². The summed E-state index contributed by atoms with van der Waals surface area (Å²) in [5.41, 5.74) is 22.7. The molecule has 0 atom stereocenters. The number of ether oxygens (including phenoxy) is 2. The maximum absolute atomic E-state index is 13.5. The van der Waals surface area contributed by atoms with E-state index in [1.54, 1.807) is 32.4 Å². The summed E-state index contributed by atoms with van der Waals surface area (Å²) in [4.78, 5) is 24.5. The smallest absolute Gasteiger partial charge is 0.259 e. The topological polar surface area (TPSA) is 279 Å². The Morgan fingerprint density at radius 3 is 1.56 bits per heavy atom. The van der Waals surface area contributed by atoms with Crippen molar-refractivity contribution >= 4 is 50.6 Å². The molecule has 4 aromatic heterocycles. The Morgan fingerprint density at radius 1 is 0.606 bits per heavy atom. The van der Waals surface area contributed by atoms with Gasteiger partial charge in [-0.15, -0.1) is 10.2 Å². The first-order chi connectivity index (χ1) is 31.8. The zero-order valence-electron chi connectivity index (χ0n) is 36.4. The maximum atomic E-state index is 13.5. The molecule has 0 fully saturated rings. The molecule has 4 heterocycles. The molecule has 0 radical (unpaired) electrons. The quantitative estimate of drug-likeness (QED) is 0.0699. The molecule has 0 unspecified atom stereocenters. The van der Waals surface area contributed by atoms with Crippen LogP contribution in [0, 0.1) is 11.6 Å². The molecule has 8 aromatic rings. The summed E-state index contributed by atoms with van der Waals surface area (Å²) in [6, 6.07) is 28.2. The van der Waals surface area contributed by atoms with Crippen molar-refractivity contribution in [3.8, 4) is 22.8 Å². The molecule has 9 N–H and O–H groups in total. The lowest BCUT2D eigenvalue weighted by molar-refractivity contribution is 0.210. The van der Waals surface area contributed by atoms with E-state index >= 15 is 0 Å². The fraction of sp³-hybridized carbons (Fsp3) is 0.256. The van der Waals surface area contributed by atoms with E-state index in [2.05, 4.69) is 92.4 Å². The van der Waals surface area contributed by atoms with Crippen LogP contribution in [-0.2, 0) is 32.2 Å². The number of hydrogen-bond acceptors (Lipinski definition) is 18. The van der Waals surface area contributed by atoms with E-state index in [0.717, 1.165) is 54.7 Å². The van der Waals surface area contributed by atoms with E-state index in [1.807, 2.05) is 12.1 Å². The highest BCUT2D eigenvalue weighted by atomic mass is 32.2. The van der Waals surface area contributed by atoms with Gasteiger partial charge >= 0.3 is 0 Å². The molecule has 23 heteroatoms. The zero-order chi connectivity index (χ0) is 47.1. The Bertz CT molecular complexity index is 2940. The maximum Gasteiger partial charge on any atom is 0.259 e. The fourth-order valence-electron chi connectivity index (χ4n) is 5.99. The van der Waals surface area contributed by atoms with Gasteiger partial charge in [0.15, 0.2) is 11.6 Å². The number of nitrogens with zero attached hydrogens (tertiary/aromatic N) is 10. The number of nitrogens with one attached hydrogen (secondary N) is 3. The summed E-state index contributed by atoms with van der Waals surface area (Å²) in [5.74, 6) is 0.297. The Labute approximate surface area is 379 Å². The first kappa shape index (κ1) is 48.0. The Hall–Kier alpha value is -7.47. The van der Waals surface area contributed by atoms with Gasteiger partial charge in [0.1, 0.15) is 11.6 Å². The first-order valence-corrected chi connectivity index (χ1v) is 22.3. The number of nitrogen functional groups attached to an aromatic ring is 2. The highest BCUT2D eigenvalue weighted by Gasteiger charge is 2.18. The zero-order valence-corrected chi connectivity index (χ0v) is 37.2. The van der Waals surface area contributed by atoms with Crippen molar-refractivity contribution in [1.82, 2.24) is 49.1 Å². The van der Waals surface area contributed by atoms with Gasteiger partial charge in [-0.2, -0.15) is 38.9 Å². The molecule has 0 aliphatic rings. The molecule has 0 aliphatic heterocycles. The van der Waals surface area contributed by atoms with Gasteiger partial charge in [-0.3, -0.25) is 0 Å². The molecule has 20 nitrogen and oxygen atoms in total. The van der Waals surface area contributed by atoms with Crippen molar-refractivity contribution in [2.45, 2.75) is 18.0 Å². The predicted octanol–water partition coefficient (Wildman–Crippen LogP) is 4.18. The minimum absolute atomic E-state index is 0.0258. The number of sulfone groups is 1. The summed E-state index contributed by atoms with van der Waals surface area (Å²) in [6.45, 7) is 4.32. The molecule has 0 spiro atoms. The predicted molar refractivity (Wildman–Crippen MR) is 248 cm³/mol. The van der Waals surface area contributed by atoms with Crippen molar-refractivity contribution in [3.63, 3.8) is 0 Å². The van der Waals surface area contributed by atoms with Crippen molar-refractivity contribution in [2.75, 3.05) is 87.3 Å². The van der Waals surface area contributed by atoms with Crippen LogP contribution >= 0.6 is 0 Å². The standard InChI is InChI=1S/C21H23FN8O.C11H9FN6O2S.C11H18N2O/c1-31-12-11-24-17-7-5-14(6-8-17)9-10-25-20-27-19(23)30-21(28-20)26-18(29-30)15-3-2-4-16(22)13-15;1-21(19,20)11-15-9(13)18-10(16-11)14-8(17-18)6-3-2-4-7(12)5-6;1-14-9-8-13-11-4-2-10(3-5-11)6-7-12/h2-8,13,24H,9-12H2,1H3,(H3,23,25,26,27,28,29);2-5H,1H3,(H2,13,14,15,16,17);2-5,13H,6-9,12H2,1H3. The van der Waals surface area contributed by atoms with Crippen LogP contribution in [0.1, 0.15) is 11.1 Å². The lowest BCUT2D eigenvalue weighted by Gasteiger charge is -2.08. The minimum Gasteiger partial charge on any atom is -0.383 e. The minimum atomic E-state index is -3.62. The second-order valence-corrected chi connectivity index (χ2v) is 16.2. The molecule has 0 aliphatic carbocycles. The number of nitrogens with two attached hydrogens (primary N) is 3. The molecular weight excluding hydrogens is 875 g/mol. The number of aromatic nitrogens is 10. The number of anilines is 5. The SMILES string of the molecule is COCCNc1ccc(CCN)cc1.COCCNc1ccc(CCNc2nc(N)n3nc(-c4cccc(F)c4)nc3n2)cc1.CS(=O)(=O)c1nc(N)n2nc(-c3cccc(F)c3)nc2n1. The number of rotatable bonds is 17. The summed E-state index contributed by atoms with van der Waals surface area (Å²) in [7, 11) is -0.242.